The van der Waals surface area contributed by atoms with E-state index in [4.69, 9.17) is 4.74 Å². The number of fused-ring (bicyclic) bond motifs is 3. The fourth-order valence-corrected chi connectivity index (χ4v) is 4.60. The highest BCUT2D eigenvalue weighted by molar-refractivity contribution is 5.79. The van der Waals surface area contributed by atoms with Crippen LogP contribution in [0.25, 0.3) is 11.1 Å². The first-order chi connectivity index (χ1) is 13.2. The van der Waals surface area contributed by atoms with Crippen molar-refractivity contribution in [1.29, 1.82) is 0 Å². The maximum atomic E-state index is 12.3. The Morgan fingerprint density at radius 3 is 2.19 bits per heavy atom. The van der Waals surface area contributed by atoms with Gasteiger partial charge in [0.1, 0.15) is 6.61 Å². The van der Waals surface area contributed by atoms with Gasteiger partial charge >= 0.3 is 6.09 Å². The van der Waals surface area contributed by atoms with Gasteiger partial charge in [-0.1, -0.05) is 67.8 Å². The van der Waals surface area contributed by atoms with Crippen LogP contribution in [0.1, 0.15) is 49.1 Å². The van der Waals surface area contributed by atoms with Gasteiger partial charge in [0.15, 0.2) is 0 Å². The summed E-state index contributed by atoms with van der Waals surface area (Å²) in [6, 6.07) is 16.6. The quantitative estimate of drug-likeness (QED) is 0.822. The molecule has 2 aliphatic rings. The van der Waals surface area contributed by atoms with Gasteiger partial charge in [0, 0.05) is 17.9 Å². The Bertz CT molecular complexity index is 765. The van der Waals surface area contributed by atoms with Crippen LogP contribution >= 0.6 is 0 Å². The molecule has 2 aliphatic carbocycles. The minimum absolute atomic E-state index is 0.0737. The summed E-state index contributed by atoms with van der Waals surface area (Å²) in [5.74, 6) is 0.0737. The number of hydrogen-bond donors (Lipinski definition) is 2. The van der Waals surface area contributed by atoms with Crippen molar-refractivity contribution in [1.82, 2.24) is 5.32 Å². The summed E-state index contributed by atoms with van der Waals surface area (Å²) in [6.07, 6.45) is 4.99. The van der Waals surface area contributed by atoms with Crippen LogP contribution in [0.3, 0.4) is 0 Å². The first-order valence-corrected chi connectivity index (χ1v) is 9.92. The highest BCUT2D eigenvalue weighted by atomic mass is 16.5. The number of aliphatic hydroxyl groups excluding tert-OH is 1. The highest BCUT2D eigenvalue weighted by Gasteiger charge is 2.32. The van der Waals surface area contributed by atoms with E-state index in [1.807, 2.05) is 24.3 Å². The molecular formula is C23H27NO3. The molecule has 0 heterocycles. The predicted molar refractivity (Wildman–Crippen MR) is 106 cm³/mol. The van der Waals surface area contributed by atoms with E-state index in [0.29, 0.717) is 13.2 Å². The Morgan fingerprint density at radius 1 is 1.00 bits per heavy atom. The summed E-state index contributed by atoms with van der Waals surface area (Å²) < 4.78 is 5.59. The summed E-state index contributed by atoms with van der Waals surface area (Å²) >= 11 is 0. The van der Waals surface area contributed by atoms with Gasteiger partial charge < -0.3 is 15.2 Å². The summed E-state index contributed by atoms with van der Waals surface area (Å²) in [6.45, 7) is 0.933. The molecule has 0 aromatic heterocycles. The van der Waals surface area contributed by atoms with Crippen LogP contribution in [0.4, 0.5) is 4.79 Å². The Kier molecular flexibility index (Phi) is 5.17. The van der Waals surface area contributed by atoms with E-state index in [2.05, 4.69) is 29.6 Å². The van der Waals surface area contributed by atoms with Crippen LogP contribution in [0.2, 0.25) is 0 Å². The lowest BCUT2D eigenvalue weighted by molar-refractivity contribution is 0.0760. The second kappa shape index (κ2) is 7.73. The molecule has 4 heteroatoms. The van der Waals surface area contributed by atoms with Crippen molar-refractivity contribution in [2.24, 2.45) is 5.41 Å². The van der Waals surface area contributed by atoms with Crippen molar-refractivity contribution in [3.63, 3.8) is 0 Å². The van der Waals surface area contributed by atoms with Gasteiger partial charge in [-0.25, -0.2) is 4.79 Å². The Labute approximate surface area is 160 Å². The second-order valence-corrected chi connectivity index (χ2v) is 7.90. The monoisotopic (exact) mass is 365 g/mol. The maximum absolute atomic E-state index is 12.3. The third-order valence-electron chi connectivity index (χ3n) is 6.20. The molecule has 4 rings (SSSR count). The minimum atomic E-state index is -0.393. The van der Waals surface area contributed by atoms with Crippen LogP contribution in [0.5, 0.6) is 0 Å². The van der Waals surface area contributed by atoms with E-state index in [9.17, 15) is 9.90 Å². The number of rotatable bonds is 5. The van der Waals surface area contributed by atoms with Crippen LogP contribution in [-0.2, 0) is 4.74 Å². The number of carbonyl (C=O) groups excluding carboxylic acids is 1. The SMILES string of the molecule is O=C(NCC1(CO)CCCCC1)OCC1c2ccccc2-c2ccccc21. The molecule has 1 fully saturated rings. The Morgan fingerprint density at radius 2 is 1.59 bits per heavy atom. The van der Waals surface area contributed by atoms with Crippen molar-refractivity contribution in [3.8, 4) is 11.1 Å². The number of hydrogen-bond acceptors (Lipinski definition) is 3. The van der Waals surface area contributed by atoms with Gasteiger partial charge in [-0.3, -0.25) is 0 Å². The molecule has 0 atom stereocenters. The molecule has 0 radical (unpaired) electrons. The fourth-order valence-electron chi connectivity index (χ4n) is 4.60. The molecule has 1 amide bonds. The van der Waals surface area contributed by atoms with Crippen molar-refractivity contribution in [2.75, 3.05) is 19.8 Å². The fraction of sp³-hybridized carbons (Fsp3) is 0.435. The normalized spacial score (nSPS) is 17.8. The Balaban J connectivity index is 1.39. The molecule has 142 valence electrons. The van der Waals surface area contributed by atoms with Gasteiger partial charge in [-0.05, 0) is 35.1 Å². The molecule has 4 nitrogen and oxygen atoms in total. The molecule has 2 aromatic rings. The number of benzene rings is 2. The first kappa shape index (κ1) is 18.1. The topological polar surface area (TPSA) is 58.6 Å². The van der Waals surface area contributed by atoms with E-state index in [1.165, 1.54) is 28.7 Å². The van der Waals surface area contributed by atoms with Crippen LogP contribution in [-0.4, -0.2) is 31.0 Å². The summed E-state index contributed by atoms with van der Waals surface area (Å²) in [7, 11) is 0. The summed E-state index contributed by atoms with van der Waals surface area (Å²) in [4.78, 5) is 12.3. The van der Waals surface area contributed by atoms with Crippen LogP contribution in [0.15, 0.2) is 48.5 Å². The van der Waals surface area contributed by atoms with E-state index in [1.54, 1.807) is 0 Å². The number of nitrogens with one attached hydrogen (secondary N) is 1. The highest BCUT2D eigenvalue weighted by Crippen LogP contribution is 2.44. The average molecular weight is 365 g/mol. The first-order valence-electron chi connectivity index (χ1n) is 9.92. The van der Waals surface area contributed by atoms with Crippen molar-refractivity contribution >= 4 is 6.09 Å². The largest absolute Gasteiger partial charge is 0.449 e. The zero-order valence-corrected chi connectivity index (χ0v) is 15.6. The lowest BCUT2D eigenvalue weighted by atomic mass is 9.74. The van der Waals surface area contributed by atoms with Crippen LogP contribution in [0, 0.1) is 5.41 Å². The smallest absolute Gasteiger partial charge is 0.407 e. The predicted octanol–water partition coefficient (Wildman–Crippen LogP) is 4.47. The van der Waals surface area contributed by atoms with E-state index < -0.39 is 6.09 Å². The number of alkyl carbamates (subject to hydrolysis) is 1. The second-order valence-electron chi connectivity index (χ2n) is 7.90. The standard InChI is InChI=1S/C23H27NO3/c25-16-23(12-6-1-7-13-23)15-24-22(26)27-14-21-19-10-4-2-8-17(19)18-9-3-5-11-20(18)21/h2-5,8-11,21,25H,1,6-7,12-16H2,(H,24,26). The van der Waals surface area contributed by atoms with Crippen molar-refractivity contribution in [2.45, 2.75) is 38.0 Å². The zero-order chi connectivity index (χ0) is 18.7. The van der Waals surface area contributed by atoms with E-state index in [-0.39, 0.29) is 17.9 Å². The summed E-state index contributed by atoms with van der Waals surface area (Å²) in [5, 5.41) is 12.7. The van der Waals surface area contributed by atoms with E-state index in [0.717, 1.165) is 25.7 Å². The molecule has 2 N–H and O–H groups in total. The van der Waals surface area contributed by atoms with Gasteiger partial charge in [-0.2, -0.15) is 0 Å². The number of amides is 1. The number of carbonyl (C=O) groups is 1. The van der Waals surface area contributed by atoms with Gasteiger partial charge in [0.2, 0.25) is 0 Å². The molecule has 1 saturated carbocycles. The molecule has 0 bridgehead atoms. The molecule has 0 unspecified atom stereocenters. The van der Waals surface area contributed by atoms with Gasteiger partial charge in [0.05, 0.1) is 6.61 Å². The molecule has 0 spiro atoms. The average Bonchev–Trinajstić information content (AvgIpc) is 3.05. The molecular weight excluding hydrogens is 338 g/mol. The molecule has 0 aliphatic heterocycles. The van der Waals surface area contributed by atoms with Crippen LogP contribution < -0.4 is 5.32 Å². The lowest BCUT2D eigenvalue weighted by Gasteiger charge is -2.35. The van der Waals surface area contributed by atoms with Crippen molar-refractivity contribution in [3.05, 3.63) is 59.7 Å². The zero-order valence-electron chi connectivity index (χ0n) is 15.6. The summed E-state index contributed by atoms with van der Waals surface area (Å²) in [5.41, 5.74) is 4.70. The maximum Gasteiger partial charge on any atom is 0.407 e. The number of ether oxygens (including phenoxy) is 1. The van der Waals surface area contributed by atoms with Gasteiger partial charge in [0.25, 0.3) is 0 Å². The van der Waals surface area contributed by atoms with E-state index >= 15 is 0 Å². The lowest BCUT2D eigenvalue weighted by Crippen LogP contribution is -2.41. The number of aliphatic hydroxyl groups is 1. The minimum Gasteiger partial charge on any atom is -0.449 e. The molecule has 0 saturated heterocycles. The molecule has 27 heavy (non-hydrogen) atoms. The Hall–Kier alpha value is -2.33. The third-order valence-corrected chi connectivity index (χ3v) is 6.20. The van der Waals surface area contributed by atoms with Crippen molar-refractivity contribution < 1.29 is 14.6 Å². The third kappa shape index (κ3) is 3.59. The molecule has 2 aromatic carbocycles. The van der Waals surface area contributed by atoms with Gasteiger partial charge in [-0.15, -0.1) is 0 Å².